The Morgan fingerprint density at radius 3 is 3.05 bits per heavy atom. The van der Waals surface area contributed by atoms with Gasteiger partial charge in [-0.05, 0) is 51.2 Å². The monoisotopic (exact) mass is 294 g/mol. The number of thiophene rings is 1. The van der Waals surface area contributed by atoms with Gasteiger partial charge in [0.2, 0.25) is 0 Å². The highest BCUT2D eigenvalue weighted by Gasteiger charge is 2.20. The minimum Gasteiger partial charge on any atom is -0.357 e. The summed E-state index contributed by atoms with van der Waals surface area (Å²) in [5.41, 5.74) is 0. The van der Waals surface area contributed by atoms with Crippen molar-refractivity contribution in [2.75, 3.05) is 33.2 Å². The van der Waals surface area contributed by atoms with E-state index in [4.69, 9.17) is 4.99 Å². The van der Waals surface area contributed by atoms with E-state index in [2.05, 4.69) is 47.0 Å². The van der Waals surface area contributed by atoms with Gasteiger partial charge in [0.25, 0.3) is 0 Å². The Hall–Kier alpha value is -1.07. The first-order chi connectivity index (χ1) is 9.79. The van der Waals surface area contributed by atoms with Crippen LogP contribution in [0.3, 0.4) is 0 Å². The van der Waals surface area contributed by atoms with Gasteiger partial charge in [-0.3, -0.25) is 4.99 Å². The van der Waals surface area contributed by atoms with Gasteiger partial charge in [0.15, 0.2) is 5.96 Å². The number of rotatable bonds is 6. The van der Waals surface area contributed by atoms with Gasteiger partial charge in [-0.1, -0.05) is 6.07 Å². The molecule has 1 unspecified atom stereocenters. The zero-order valence-corrected chi connectivity index (χ0v) is 13.4. The molecular weight excluding hydrogens is 268 g/mol. The van der Waals surface area contributed by atoms with Crippen molar-refractivity contribution >= 4 is 17.3 Å². The molecule has 0 amide bonds. The average Bonchev–Trinajstić information content (AvgIpc) is 3.08. The first-order valence-corrected chi connectivity index (χ1v) is 8.42. The number of guanidine groups is 1. The number of nitrogens with zero attached hydrogens (tertiary/aromatic N) is 2. The van der Waals surface area contributed by atoms with Gasteiger partial charge >= 0.3 is 0 Å². The van der Waals surface area contributed by atoms with Crippen LogP contribution >= 0.6 is 11.3 Å². The molecule has 2 rings (SSSR count). The van der Waals surface area contributed by atoms with Crippen molar-refractivity contribution in [2.45, 2.75) is 32.2 Å². The average molecular weight is 294 g/mol. The molecule has 20 heavy (non-hydrogen) atoms. The second-order valence-electron chi connectivity index (χ2n) is 5.25. The summed E-state index contributed by atoms with van der Waals surface area (Å²) >= 11 is 1.82. The van der Waals surface area contributed by atoms with Crippen LogP contribution in [0.4, 0.5) is 0 Å². The van der Waals surface area contributed by atoms with E-state index < -0.39 is 0 Å². The molecule has 0 aliphatic carbocycles. The number of hydrogen-bond acceptors (Lipinski definition) is 3. The van der Waals surface area contributed by atoms with E-state index in [-0.39, 0.29) is 0 Å². The highest BCUT2D eigenvalue weighted by Crippen LogP contribution is 2.14. The van der Waals surface area contributed by atoms with Crippen molar-refractivity contribution < 1.29 is 0 Å². The minimum atomic E-state index is 0.614. The van der Waals surface area contributed by atoms with Gasteiger partial charge in [-0.25, -0.2) is 0 Å². The fourth-order valence-electron chi connectivity index (χ4n) is 2.51. The molecule has 0 radical (unpaired) electrons. The predicted molar refractivity (Wildman–Crippen MR) is 87.7 cm³/mol. The molecule has 1 saturated heterocycles. The molecule has 1 aliphatic heterocycles. The number of likely N-dealkylation sites (N-methyl/N-ethyl adjacent to an activating group) is 1. The molecule has 0 saturated carbocycles. The van der Waals surface area contributed by atoms with E-state index in [0.717, 1.165) is 32.0 Å². The van der Waals surface area contributed by atoms with Gasteiger partial charge in [-0.2, -0.15) is 0 Å². The first kappa shape index (κ1) is 15.3. The summed E-state index contributed by atoms with van der Waals surface area (Å²) in [6, 6.07) is 4.90. The number of likely N-dealkylation sites (tertiary alicyclic amines) is 1. The molecule has 1 fully saturated rings. The van der Waals surface area contributed by atoms with Crippen molar-refractivity contribution in [3.63, 3.8) is 0 Å². The molecule has 5 heteroatoms. The molecule has 2 heterocycles. The lowest BCUT2D eigenvalue weighted by Gasteiger charge is -2.18. The molecule has 1 aromatic heterocycles. The van der Waals surface area contributed by atoms with Gasteiger partial charge in [-0.15, -0.1) is 11.3 Å². The Kier molecular flexibility index (Phi) is 6.33. The summed E-state index contributed by atoms with van der Waals surface area (Å²) < 4.78 is 0. The predicted octanol–water partition coefficient (Wildman–Crippen LogP) is 1.94. The maximum absolute atomic E-state index is 4.72. The standard InChI is InChI=1S/C15H26N4S/c1-3-16-15(17-9-8-14-7-5-11-20-14)18-12-13-6-4-10-19(13)2/h5,7,11,13H,3-4,6,8-10,12H2,1-2H3,(H2,16,17,18). The van der Waals surface area contributed by atoms with Crippen molar-refractivity contribution in [3.05, 3.63) is 22.4 Å². The number of nitrogens with one attached hydrogen (secondary N) is 2. The summed E-state index contributed by atoms with van der Waals surface area (Å²) in [6.45, 7) is 6.06. The SMILES string of the molecule is CCNC(=NCC1CCCN1C)NCCc1cccs1. The quantitative estimate of drug-likeness (QED) is 0.622. The van der Waals surface area contributed by atoms with Crippen LogP contribution in [0.15, 0.2) is 22.5 Å². The van der Waals surface area contributed by atoms with Gasteiger partial charge in [0.05, 0.1) is 6.54 Å². The second kappa shape index (κ2) is 8.27. The van der Waals surface area contributed by atoms with E-state index in [1.54, 1.807) is 0 Å². The highest BCUT2D eigenvalue weighted by atomic mass is 32.1. The van der Waals surface area contributed by atoms with E-state index in [1.165, 1.54) is 24.3 Å². The molecule has 0 bridgehead atoms. The molecule has 1 atom stereocenters. The molecule has 0 aromatic carbocycles. The Labute approximate surface area is 126 Å². The number of hydrogen-bond donors (Lipinski definition) is 2. The Morgan fingerprint density at radius 1 is 1.50 bits per heavy atom. The van der Waals surface area contributed by atoms with Gasteiger partial charge in [0.1, 0.15) is 0 Å². The summed E-state index contributed by atoms with van der Waals surface area (Å²) in [7, 11) is 2.20. The van der Waals surface area contributed by atoms with Crippen LogP contribution in [0.1, 0.15) is 24.6 Å². The van der Waals surface area contributed by atoms with Crippen LogP contribution in [0.2, 0.25) is 0 Å². The first-order valence-electron chi connectivity index (χ1n) is 7.54. The van der Waals surface area contributed by atoms with Crippen LogP contribution in [-0.2, 0) is 6.42 Å². The van der Waals surface area contributed by atoms with E-state index in [1.807, 2.05) is 11.3 Å². The fraction of sp³-hybridized carbons (Fsp3) is 0.667. The number of aliphatic imine (C=N–C) groups is 1. The Balaban J connectivity index is 1.76. The topological polar surface area (TPSA) is 39.7 Å². The third-order valence-corrected chi connectivity index (χ3v) is 4.66. The van der Waals surface area contributed by atoms with Crippen molar-refractivity contribution in [2.24, 2.45) is 4.99 Å². The molecular formula is C15H26N4S. The second-order valence-corrected chi connectivity index (χ2v) is 6.28. The van der Waals surface area contributed by atoms with Crippen molar-refractivity contribution in [1.29, 1.82) is 0 Å². The van der Waals surface area contributed by atoms with E-state index in [9.17, 15) is 0 Å². The molecule has 112 valence electrons. The largest absolute Gasteiger partial charge is 0.357 e. The van der Waals surface area contributed by atoms with Crippen LogP contribution < -0.4 is 10.6 Å². The van der Waals surface area contributed by atoms with Crippen molar-refractivity contribution in [3.8, 4) is 0 Å². The molecule has 0 spiro atoms. The Morgan fingerprint density at radius 2 is 2.40 bits per heavy atom. The zero-order valence-electron chi connectivity index (χ0n) is 12.6. The molecule has 1 aliphatic rings. The third kappa shape index (κ3) is 4.80. The Bertz CT molecular complexity index is 402. The van der Waals surface area contributed by atoms with Crippen LogP contribution in [0, 0.1) is 0 Å². The summed E-state index contributed by atoms with van der Waals surface area (Å²) in [6.07, 6.45) is 3.64. The lowest BCUT2D eigenvalue weighted by molar-refractivity contribution is 0.317. The maximum Gasteiger partial charge on any atom is 0.191 e. The highest BCUT2D eigenvalue weighted by molar-refractivity contribution is 7.09. The lowest BCUT2D eigenvalue weighted by Crippen LogP contribution is -2.39. The normalized spacial score (nSPS) is 20.3. The van der Waals surface area contributed by atoms with Crippen LogP contribution in [-0.4, -0.2) is 50.1 Å². The van der Waals surface area contributed by atoms with Crippen molar-refractivity contribution in [1.82, 2.24) is 15.5 Å². The minimum absolute atomic E-state index is 0.614. The van der Waals surface area contributed by atoms with Gasteiger partial charge in [0, 0.05) is 24.0 Å². The maximum atomic E-state index is 4.72. The third-order valence-electron chi connectivity index (χ3n) is 3.72. The van der Waals surface area contributed by atoms with E-state index in [0.29, 0.717) is 6.04 Å². The smallest absolute Gasteiger partial charge is 0.191 e. The lowest BCUT2D eigenvalue weighted by atomic mass is 10.2. The molecule has 1 aromatic rings. The fourth-order valence-corrected chi connectivity index (χ4v) is 3.22. The molecule has 2 N–H and O–H groups in total. The summed E-state index contributed by atoms with van der Waals surface area (Å²) in [4.78, 5) is 8.56. The van der Waals surface area contributed by atoms with Crippen LogP contribution in [0.5, 0.6) is 0 Å². The van der Waals surface area contributed by atoms with Gasteiger partial charge < -0.3 is 15.5 Å². The van der Waals surface area contributed by atoms with Crippen LogP contribution in [0.25, 0.3) is 0 Å². The van der Waals surface area contributed by atoms with E-state index >= 15 is 0 Å². The molecule has 4 nitrogen and oxygen atoms in total. The zero-order chi connectivity index (χ0) is 14.2. The summed E-state index contributed by atoms with van der Waals surface area (Å²) in [5, 5.41) is 8.88. The summed E-state index contributed by atoms with van der Waals surface area (Å²) in [5.74, 6) is 0.948.